The van der Waals surface area contributed by atoms with Gasteiger partial charge in [0.1, 0.15) is 5.82 Å². The van der Waals surface area contributed by atoms with Gasteiger partial charge in [-0.1, -0.05) is 25.5 Å². The van der Waals surface area contributed by atoms with Crippen LogP contribution >= 0.6 is 0 Å². The van der Waals surface area contributed by atoms with Crippen LogP contribution in [-0.2, 0) is 4.79 Å². The van der Waals surface area contributed by atoms with E-state index >= 15 is 0 Å². The third-order valence-corrected chi connectivity index (χ3v) is 4.14. The number of aliphatic carboxylic acids is 1. The number of benzene rings is 1. The third-order valence-electron chi connectivity index (χ3n) is 4.14. The highest BCUT2D eigenvalue weighted by molar-refractivity contribution is 5.68. The summed E-state index contributed by atoms with van der Waals surface area (Å²) in [4.78, 5) is 10.9. The lowest BCUT2D eigenvalue weighted by atomic mass is 9.58. The molecule has 1 aliphatic carbocycles. The Morgan fingerprint density at radius 2 is 2.00 bits per heavy atom. The molecule has 2 nitrogen and oxygen atoms in total. The lowest BCUT2D eigenvalue weighted by Gasteiger charge is -2.46. The molecule has 3 heteroatoms. The summed E-state index contributed by atoms with van der Waals surface area (Å²) in [5.74, 6) is -0.812. The van der Waals surface area contributed by atoms with Crippen molar-refractivity contribution in [1.29, 1.82) is 0 Å². The fraction of sp³-hybridized carbons (Fsp3) is 0.500. The van der Waals surface area contributed by atoms with Crippen molar-refractivity contribution in [3.63, 3.8) is 0 Å². The zero-order valence-electron chi connectivity index (χ0n) is 9.95. The van der Waals surface area contributed by atoms with Crippen molar-refractivity contribution in [2.45, 2.75) is 38.5 Å². The maximum absolute atomic E-state index is 12.9. The molecule has 2 rings (SSSR count). The molecular formula is C14H17FO2. The number of carbonyl (C=O) groups is 1. The molecule has 1 aromatic rings. The van der Waals surface area contributed by atoms with E-state index in [9.17, 15) is 9.18 Å². The van der Waals surface area contributed by atoms with Gasteiger partial charge in [0.05, 0.1) is 6.42 Å². The van der Waals surface area contributed by atoms with E-state index in [2.05, 4.69) is 6.92 Å². The SMILES string of the molecule is CC(c1ccc(F)cc1)C1(CC(=O)O)CCC1. The predicted molar refractivity (Wildman–Crippen MR) is 63.4 cm³/mol. The van der Waals surface area contributed by atoms with Crippen LogP contribution in [0.15, 0.2) is 24.3 Å². The lowest BCUT2D eigenvalue weighted by Crippen LogP contribution is -2.37. The highest BCUT2D eigenvalue weighted by atomic mass is 19.1. The molecule has 0 amide bonds. The van der Waals surface area contributed by atoms with E-state index in [-0.39, 0.29) is 23.6 Å². The van der Waals surface area contributed by atoms with Crippen molar-refractivity contribution < 1.29 is 14.3 Å². The minimum Gasteiger partial charge on any atom is -0.481 e. The van der Waals surface area contributed by atoms with Gasteiger partial charge in [0.15, 0.2) is 0 Å². The molecule has 1 aliphatic rings. The summed E-state index contributed by atoms with van der Waals surface area (Å²) in [7, 11) is 0. The van der Waals surface area contributed by atoms with Gasteiger partial charge in [-0.15, -0.1) is 0 Å². The van der Waals surface area contributed by atoms with Gasteiger partial charge in [0.25, 0.3) is 0 Å². The van der Waals surface area contributed by atoms with Crippen molar-refractivity contribution in [3.8, 4) is 0 Å². The van der Waals surface area contributed by atoms with Crippen LogP contribution in [0.3, 0.4) is 0 Å². The van der Waals surface area contributed by atoms with Crippen LogP contribution in [0, 0.1) is 11.2 Å². The first-order valence-corrected chi connectivity index (χ1v) is 6.01. The summed E-state index contributed by atoms with van der Waals surface area (Å²) in [5.41, 5.74) is 0.913. The summed E-state index contributed by atoms with van der Waals surface area (Å²) in [6.07, 6.45) is 3.22. The van der Waals surface area contributed by atoms with E-state index in [1.165, 1.54) is 12.1 Å². The van der Waals surface area contributed by atoms with Gasteiger partial charge < -0.3 is 5.11 Å². The number of hydrogen-bond donors (Lipinski definition) is 1. The van der Waals surface area contributed by atoms with E-state index in [0.29, 0.717) is 0 Å². The summed E-state index contributed by atoms with van der Waals surface area (Å²) < 4.78 is 12.9. The Balaban J connectivity index is 2.19. The smallest absolute Gasteiger partial charge is 0.303 e. The largest absolute Gasteiger partial charge is 0.481 e. The molecule has 0 saturated heterocycles. The minimum absolute atomic E-state index is 0.121. The Morgan fingerprint density at radius 1 is 1.41 bits per heavy atom. The van der Waals surface area contributed by atoms with E-state index in [1.807, 2.05) is 0 Å². The van der Waals surface area contributed by atoms with Crippen molar-refractivity contribution >= 4 is 5.97 Å². The molecule has 0 radical (unpaired) electrons. The second-order valence-electron chi connectivity index (χ2n) is 5.06. The highest BCUT2D eigenvalue weighted by Gasteiger charge is 2.43. The number of carboxylic acid groups (broad SMARTS) is 1. The molecule has 0 spiro atoms. The molecule has 0 aliphatic heterocycles. The second-order valence-corrected chi connectivity index (χ2v) is 5.06. The Hall–Kier alpha value is -1.38. The standard InChI is InChI=1S/C14H17FO2/c1-10(11-3-5-12(15)6-4-11)14(7-2-8-14)9-13(16)17/h3-6,10H,2,7-9H2,1H3,(H,16,17). The number of hydrogen-bond acceptors (Lipinski definition) is 1. The van der Waals surface area contributed by atoms with E-state index in [1.54, 1.807) is 12.1 Å². The van der Waals surface area contributed by atoms with Crippen LogP contribution in [0.5, 0.6) is 0 Å². The van der Waals surface area contributed by atoms with Gasteiger partial charge in [0, 0.05) is 0 Å². The van der Waals surface area contributed by atoms with Crippen molar-refractivity contribution in [2.75, 3.05) is 0 Å². The lowest BCUT2D eigenvalue weighted by molar-refractivity contribution is -0.142. The molecule has 1 N–H and O–H groups in total. The molecule has 1 atom stereocenters. The average molecular weight is 236 g/mol. The molecule has 92 valence electrons. The van der Waals surface area contributed by atoms with E-state index in [0.717, 1.165) is 24.8 Å². The molecule has 1 aromatic carbocycles. The summed E-state index contributed by atoms with van der Waals surface area (Å²) in [5, 5.41) is 8.99. The molecule has 1 saturated carbocycles. The van der Waals surface area contributed by atoms with Gasteiger partial charge in [-0.25, -0.2) is 4.39 Å². The zero-order valence-corrected chi connectivity index (χ0v) is 9.95. The van der Waals surface area contributed by atoms with Crippen molar-refractivity contribution in [1.82, 2.24) is 0 Å². The van der Waals surface area contributed by atoms with Gasteiger partial charge in [0.2, 0.25) is 0 Å². The topological polar surface area (TPSA) is 37.3 Å². The third kappa shape index (κ3) is 2.33. The molecule has 1 unspecified atom stereocenters. The Labute approximate surface area is 100 Å². The first-order valence-electron chi connectivity index (χ1n) is 6.01. The predicted octanol–water partition coefficient (Wildman–Crippen LogP) is 3.57. The van der Waals surface area contributed by atoms with Crippen LogP contribution in [0.25, 0.3) is 0 Å². The van der Waals surface area contributed by atoms with Crippen LogP contribution in [-0.4, -0.2) is 11.1 Å². The Bertz CT molecular complexity index is 407. The van der Waals surface area contributed by atoms with Crippen LogP contribution in [0.4, 0.5) is 4.39 Å². The fourth-order valence-electron chi connectivity index (χ4n) is 2.80. The monoisotopic (exact) mass is 236 g/mol. The number of halogens is 1. The van der Waals surface area contributed by atoms with Crippen LogP contribution in [0.2, 0.25) is 0 Å². The highest BCUT2D eigenvalue weighted by Crippen LogP contribution is 2.53. The fourth-order valence-corrected chi connectivity index (χ4v) is 2.80. The normalized spacial score (nSPS) is 19.4. The zero-order chi connectivity index (χ0) is 12.5. The second kappa shape index (κ2) is 4.47. The molecular weight excluding hydrogens is 219 g/mol. The van der Waals surface area contributed by atoms with Crippen LogP contribution < -0.4 is 0 Å². The van der Waals surface area contributed by atoms with Crippen molar-refractivity contribution in [3.05, 3.63) is 35.6 Å². The average Bonchev–Trinajstić information content (AvgIpc) is 2.23. The first kappa shape index (κ1) is 12.1. The van der Waals surface area contributed by atoms with Gasteiger partial charge in [-0.2, -0.15) is 0 Å². The molecule has 0 aromatic heterocycles. The minimum atomic E-state index is -0.737. The summed E-state index contributed by atoms with van der Waals surface area (Å²) in [6, 6.07) is 6.42. The van der Waals surface area contributed by atoms with Gasteiger partial charge >= 0.3 is 5.97 Å². The van der Waals surface area contributed by atoms with E-state index in [4.69, 9.17) is 5.11 Å². The van der Waals surface area contributed by atoms with Gasteiger partial charge in [-0.3, -0.25) is 4.79 Å². The summed E-state index contributed by atoms with van der Waals surface area (Å²) >= 11 is 0. The Morgan fingerprint density at radius 3 is 2.41 bits per heavy atom. The molecule has 0 bridgehead atoms. The van der Waals surface area contributed by atoms with Gasteiger partial charge in [-0.05, 0) is 41.9 Å². The molecule has 1 fully saturated rings. The molecule has 0 heterocycles. The first-order chi connectivity index (χ1) is 8.03. The summed E-state index contributed by atoms with van der Waals surface area (Å²) in [6.45, 7) is 2.05. The number of rotatable bonds is 4. The maximum Gasteiger partial charge on any atom is 0.303 e. The van der Waals surface area contributed by atoms with E-state index < -0.39 is 5.97 Å². The molecule has 17 heavy (non-hydrogen) atoms. The maximum atomic E-state index is 12.9. The quantitative estimate of drug-likeness (QED) is 0.867. The number of carboxylic acids is 1. The van der Waals surface area contributed by atoms with Crippen molar-refractivity contribution in [2.24, 2.45) is 5.41 Å². The van der Waals surface area contributed by atoms with Crippen LogP contribution in [0.1, 0.15) is 44.1 Å². The Kier molecular flexibility index (Phi) is 3.18.